The van der Waals surface area contributed by atoms with Crippen LogP contribution in [-0.2, 0) is 11.3 Å². The SMILES string of the molecule is COc1ccc(-c2nc(CN3C=CN4NC(c5ccc(OC)c(OC)c5)CC4C3=O)c(C)o2)cc1. The topological polar surface area (TPSA) is 89.3 Å². The van der Waals surface area contributed by atoms with Gasteiger partial charge in [0.25, 0.3) is 5.91 Å². The van der Waals surface area contributed by atoms with E-state index in [1.165, 1.54) is 0 Å². The Morgan fingerprint density at radius 3 is 2.51 bits per heavy atom. The first-order valence-corrected chi connectivity index (χ1v) is 11.4. The highest BCUT2D eigenvalue weighted by atomic mass is 16.5. The minimum atomic E-state index is -0.314. The smallest absolute Gasteiger partial charge is 0.251 e. The lowest BCUT2D eigenvalue weighted by Gasteiger charge is -2.31. The summed E-state index contributed by atoms with van der Waals surface area (Å²) in [5, 5.41) is 1.87. The van der Waals surface area contributed by atoms with Gasteiger partial charge >= 0.3 is 0 Å². The number of hydrogen-bond donors (Lipinski definition) is 1. The summed E-state index contributed by atoms with van der Waals surface area (Å²) in [6.07, 6.45) is 4.31. The van der Waals surface area contributed by atoms with Crippen molar-refractivity contribution in [2.75, 3.05) is 21.3 Å². The van der Waals surface area contributed by atoms with E-state index >= 15 is 0 Å². The molecule has 3 heterocycles. The monoisotopic (exact) mass is 476 g/mol. The Hall–Kier alpha value is -3.98. The third-order valence-electron chi connectivity index (χ3n) is 6.43. The van der Waals surface area contributed by atoms with Gasteiger partial charge in [0.05, 0.1) is 33.9 Å². The molecule has 35 heavy (non-hydrogen) atoms. The summed E-state index contributed by atoms with van der Waals surface area (Å²) >= 11 is 0. The summed E-state index contributed by atoms with van der Waals surface area (Å²) in [5.74, 6) is 3.32. The van der Waals surface area contributed by atoms with E-state index in [1.54, 1.807) is 32.4 Å². The molecule has 0 spiro atoms. The van der Waals surface area contributed by atoms with Gasteiger partial charge in [0.1, 0.15) is 23.2 Å². The van der Waals surface area contributed by atoms with Crippen molar-refractivity contribution in [2.45, 2.75) is 32.0 Å². The van der Waals surface area contributed by atoms with Crippen molar-refractivity contribution in [3.05, 3.63) is 71.9 Å². The number of hydrazine groups is 1. The Morgan fingerprint density at radius 2 is 1.80 bits per heavy atom. The van der Waals surface area contributed by atoms with Crippen molar-refractivity contribution >= 4 is 5.91 Å². The average molecular weight is 477 g/mol. The molecule has 1 aromatic heterocycles. The van der Waals surface area contributed by atoms with Gasteiger partial charge in [-0.05, 0) is 55.3 Å². The first-order chi connectivity index (χ1) is 17.0. The van der Waals surface area contributed by atoms with Gasteiger partial charge in [-0.15, -0.1) is 0 Å². The molecule has 2 unspecified atom stereocenters. The largest absolute Gasteiger partial charge is 0.497 e. The number of nitrogens with one attached hydrogen (secondary N) is 1. The summed E-state index contributed by atoms with van der Waals surface area (Å²) in [4.78, 5) is 19.7. The number of aromatic nitrogens is 1. The maximum atomic E-state index is 13.3. The fraction of sp³-hybridized carbons (Fsp3) is 0.308. The number of carbonyl (C=O) groups is 1. The van der Waals surface area contributed by atoms with Crippen LogP contribution in [0, 0.1) is 6.92 Å². The molecule has 0 radical (unpaired) electrons. The first-order valence-electron chi connectivity index (χ1n) is 11.4. The minimum absolute atomic E-state index is 0.0105. The van der Waals surface area contributed by atoms with E-state index < -0.39 is 0 Å². The van der Waals surface area contributed by atoms with Crippen molar-refractivity contribution in [1.29, 1.82) is 0 Å². The number of amides is 1. The molecule has 9 heteroatoms. The van der Waals surface area contributed by atoms with Gasteiger partial charge in [-0.3, -0.25) is 4.79 Å². The predicted molar refractivity (Wildman–Crippen MR) is 129 cm³/mol. The van der Waals surface area contributed by atoms with E-state index in [9.17, 15) is 4.79 Å². The van der Waals surface area contributed by atoms with Gasteiger partial charge in [0.2, 0.25) is 5.89 Å². The molecule has 0 saturated carbocycles. The van der Waals surface area contributed by atoms with Crippen LogP contribution in [0.4, 0.5) is 0 Å². The first kappa shape index (κ1) is 22.8. The lowest BCUT2D eigenvalue weighted by Crippen LogP contribution is -2.47. The van der Waals surface area contributed by atoms with Crippen molar-refractivity contribution in [1.82, 2.24) is 20.3 Å². The van der Waals surface area contributed by atoms with Crippen LogP contribution < -0.4 is 19.6 Å². The highest BCUT2D eigenvalue weighted by Crippen LogP contribution is 2.36. The molecular weight excluding hydrogens is 448 g/mol. The number of ether oxygens (including phenoxy) is 3. The van der Waals surface area contributed by atoms with E-state index in [0.29, 0.717) is 36.1 Å². The lowest BCUT2D eigenvalue weighted by atomic mass is 10.0. The quantitative estimate of drug-likeness (QED) is 0.551. The Labute approximate surface area is 203 Å². The summed E-state index contributed by atoms with van der Waals surface area (Å²) in [7, 11) is 4.85. The van der Waals surface area contributed by atoms with E-state index in [-0.39, 0.29) is 18.0 Å². The molecule has 2 atom stereocenters. The van der Waals surface area contributed by atoms with Crippen LogP contribution in [0.3, 0.4) is 0 Å². The summed E-state index contributed by atoms with van der Waals surface area (Å²) in [6, 6.07) is 13.0. The van der Waals surface area contributed by atoms with Crippen molar-refractivity contribution < 1.29 is 23.4 Å². The van der Waals surface area contributed by atoms with Crippen LogP contribution in [0.2, 0.25) is 0 Å². The second kappa shape index (κ2) is 9.34. The summed E-state index contributed by atoms with van der Waals surface area (Å²) in [6.45, 7) is 2.20. The van der Waals surface area contributed by atoms with Crippen molar-refractivity contribution in [3.63, 3.8) is 0 Å². The van der Waals surface area contributed by atoms with Gasteiger partial charge < -0.3 is 28.5 Å². The summed E-state index contributed by atoms with van der Waals surface area (Å²) in [5.41, 5.74) is 6.02. The number of methoxy groups -OCH3 is 3. The van der Waals surface area contributed by atoms with Crippen molar-refractivity contribution in [3.8, 4) is 28.7 Å². The van der Waals surface area contributed by atoms with Gasteiger partial charge in [0, 0.05) is 18.0 Å². The average Bonchev–Trinajstić information content (AvgIpc) is 3.49. The van der Waals surface area contributed by atoms with Gasteiger partial charge in [-0.2, -0.15) is 0 Å². The van der Waals surface area contributed by atoms with Gasteiger partial charge in [-0.1, -0.05) is 6.07 Å². The van der Waals surface area contributed by atoms with Gasteiger partial charge in [0.15, 0.2) is 11.5 Å². The maximum Gasteiger partial charge on any atom is 0.251 e. The zero-order valence-electron chi connectivity index (χ0n) is 20.1. The van der Waals surface area contributed by atoms with Crippen LogP contribution in [0.5, 0.6) is 17.2 Å². The molecule has 0 aliphatic carbocycles. The van der Waals surface area contributed by atoms with Gasteiger partial charge in [-0.25, -0.2) is 10.4 Å². The number of hydrogen-bond acceptors (Lipinski definition) is 8. The molecule has 1 N–H and O–H groups in total. The lowest BCUT2D eigenvalue weighted by molar-refractivity contribution is -0.135. The molecule has 0 bridgehead atoms. The number of nitrogens with zero attached hydrogens (tertiary/aromatic N) is 3. The van der Waals surface area contributed by atoms with E-state index in [1.807, 2.05) is 60.6 Å². The molecular formula is C26H28N4O5. The Kier molecular flexibility index (Phi) is 6.08. The third kappa shape index (κ3) is 4.30. The number of rotatable bonds is 7. The molecule has 1 fully saturated rings. The third-order valence-corrected chi connectivity index (χ3v) is 6.43. The minimum Gasteiger partial charge on any atom is -0.497 e. The zero-order chi connectivity index (χ0) is 24.5. The molecule has 5 rings (SSSR count). The van der Waals surface area contributed by atoms with Crippen LogP contribution in [0.25, 0.3) is 11.5 Å². The Balaban J connectivity index is 1.29. The molecule has 2 aliphatic heterocycles. The van der Waals surface area contributed by atoms with E-state index in [0.717, 1.165) is 22.6 Å². The van der Waals surface area contributed by atoms with Crippen LogP contribution in [-0.4, -0.2) is 48.2 Å². The standard InChI is InChI=1S/C26H28N4O5/c1-16-21(27-25(35-16)17-5-8-19(32-2)9-6-17)15-29-11-12-30-22(26(29)31)14-20(28-30)18-7-10-23(33-3)24(13-18)34-4/h5-13,20,22,28H,14-15H2,1-4H3. The van der Waals surface area contributed by atoms with Crippen LogP contribution in [0.15, 0.2) is 59.3 Å². The fourth-order valence-corrected chi connectivity index (χ4v) is 4.45. The maximum absolute atomic E-state index is 13.3. The number of fused-ring (bicyclic) bond motifs is 1. The number of carbonyl (C=O) groups excluding carboxylic acids is 1. The molecule has 1 amide bonds. The highest BCUT2D eigenvalue weighted by Gasteiger charge is 2.40. The Bertz CT molecular complexity index is 1250. The second-order valence-electron chi connectivity index (χ2n) is 8.47. The molecule has 2 aromatic carbocycles. The molecule has 2 aliphatic rings. The molecule has 1 saturated heterocycles. The van der Waals surface area contributed by atoms with Crippen LogP contribution >= 0.6 is 0 Å². The van der Waals surface area contributed by atoms with Crippen LogP contribution in [0.1, 0.15) is 29.5 Å². The predicted octanol–water partition coefficient (Wildman–Crippen LogP) is 3.81. The fourth-order valence-electron chi connectivity index (χ4n) is 4.45. The molecule has 9 nitrogen and oxygen atoms in total. The van der Waals surface area contributed by atoms with E-state index in [2.05, 4.69) is 10.4 Å². The second-order valence-corrected chi connectivity index (χ2v) is 8.47. The van der Waals surface area contributed by atoms with E-state index in [4.69, 9.17) is 18.6 Å². The zero-order valence-corrected chi connectivity index (χ0v) is 20.1. The number of aryl methyl sites for hydroxylation is 1. The molecule has 3 aromatic rings. The number of oxazole rings is 1. The van der Waals surface area contributed by atoms with Crippen molar-refractivity contribution in [2.24, 2.45) is 0 Å². The number of benzene rings is 2. The summed E-state index contributed by atoms with van der Waals surface area (Å²) < 4.78 is 21.9. The Morgan fingerprint density at radius 1 is 1.03 bits per heavy atom. The highest BCUT2D eigenvalue weighted by molar-refractivity contribution is 5.84. The normalized spacial score (nSPS) is 19.1. The molecule has 182 valence electrons.